The molecule has 0 aliphatic rings. The van der Waals surface area contributed by atoms with Crippen molar-refractivity contribution in [2.45, 2.75) is 4.90 Å². The maximum Gasteiger partial charge on any atom is 0.259 e. The molecule has 0 aromatic heterocycles. The third kappa shape index (κ3) is 3.61. The molecular weight excluding hydrogens is 345 g/mol. The van der Waals surface area contributed by atoms with E-state index in [4.69, 9.17) is 27.9 Å². The fraction of sp³-hybridized carbons (Fsp3) is 0.133. The van der Waals surface area contributed by atoms with Gasteiger partial charge in [0.2, 0.25) is 0 Å². The molecule has 0 bridgehead atoms. The lowest BCUT2D eigenvalue weighted by atomic mass is 10.2. The highest BCUT2D eigenvalue weighted by molar-refractivity contribution is 7.84. The number of carbonyl (C=O) groups is 1. The Labute approximate surface area is 140 Å². The molecule has 22 heavy (non-hydrogen) atoms. The average Bonchev–Trinajstić information content (AvgIpc) is 2.46. The van der Waals surface area contributed by atoms with Crippen molar-refractivity contribution in [2.24, 2.45) is 0 Å². The maximum atomic E-state index is 12.4. The Bertz CT molecular complexity index is 750. The molecule has 1 atom stereocenters. The van der Waals surface area contributed by atoms with Crippen molar-refractivity contribution in [1.82, 2.24) is 0 Å². The monoisotopic (exact) mass is 357 g/mol. The van der Waals surface area contributed by atoms with Gasteiger partial charge in [-0.25, -0.2) is 0 Å². The summed E-state index contributed by atoms with van der Waals surface area (Å²) in [7, 11) is 0.124. The van der Waals surface area contributed by atoms with Crippen LogP contribution in [0.3, 0.4) is 0 Å². The van der Waals surface area contributed by atoms with E-state index in [0.29, 0.717) is 26.4 Å². The van der Waals surface area contributed by atoms with Crippen molar-refractivity contribution in [1.29, 1.82) is 0 Å². The number of halogens is 2. The summed E-state index contributed by atoms with van der Waals surface area (Å²) < 4.78 is 17.0. The van der Waals surface area contributed by atoms with E-state index in [1.165, 1.54) is 19.4 Å². The molecule has 0 aliphatic carbocycles. The van der Waals surface area contributed by atoms with E-state index in [1.807, 2.05) is 0 Å². The van der Waals surface area contributed by atoms with Gasteiger partial charge in [0, 0.05) is 11.3 Å². The molecule has 2 rings (SSSR count). The first kappa shape index (κ1) is 16.8. The Morgan fingerprint density at radius 3 is 2.59 bits per heavy atom. The third-order valence-electron chi connectivity index (χ3n) is 2.91. The highest BCUT2D eigenvalue weighted by atomic mass is 35.5. The summed E-state index contributed by atoms with van der Waals surface area (Å²) in [4.78, 5) is 12.8. The minimum Gasteiger partial charge on any atom is -0.496 e. The molecule has 0 saturated carbocycles. The second kappa shape index (κ2) is 7.13. The number of carbonyl (C=O) groups excluding carboxylic acids is 1. The van der Waals surface area contributed by atoms with Crippen LogP contribution >= 0.6 is 23.2 Å². The number of hydrogen-bond acceptors (Lipinski definition) is 3. The van der Waals surface area contributed by atoms with Gasteiger partial charge in [-0.1, -0.05) is 29.3 Å². The van der Waals surface area contributed by atoms with E-state index < -0.39 is 16.7 Å². The molecule has 1 amide bonds. The molecule has 116 valence electrons. The Morgan fingerprint density at radius 1 is 1.23 bits per heavy atom. The van der Waals surface area contributed by atoms with Gasteiger partial charge in [0.05, 0.1) is 39.1 Å². The molecule has 4 nitrogen and oxygen atoms in total. The molecule has 0 spiro atoms. The molecule has 1 N–H and O–H groups in total. The van der Waals surface area contributed by atoms with E-state index in [9.17, 15) is 9.00 Å². The normalized spacial score (nSPS) is 11.8. The summed E-state index contributed by atoms with van der Waals surface area (Å²) in [5.74, 6) is -0.0311. The molecule has 0 aliphatic heterocycles. The molecule has 1 unspecified atom stereocenters. The molecular formula is C15H13Cl2NO3S. The van der Waals surface area contributed by atoms with Gasteiger partial charge in [-0.05, 0) is 30.3 Å². The van der Waals surface area contributed by atoms with Crippen LogP contribution in [0.2, 0.25) is 10.0 Å². The fourth-order valence-corrected chi connectivity index (χ4v) is 3.39. The van der Waals surface area contributed by atoms with Crippen molar-refractivity contribution < 1.29 is 13.7 Å². The van der Waals surface area contributed by atoms with Gasteiger partial charge in [0.15, 0.2) is 0 Å². The summed E-state index contributed by atoms with van der Waals surface area (Å²) in [6.45, 7) is 0. The number of nitrogens with one attached hydrogen (secondary N) is 1. The van der Waals surface area contributed by atoms with Crippen LogP contribution in [0.25, 0.3) is 0 Å². The van der Waals surface area contributed by atoms with Gasteiger partial charge in [0.25, 0.3) is 5.91 Å². The van der Waals surface area contributed by atoms with Crippen LogP contribution in [0.1, 0.15) is 10.4 Å². The Balaban J connectivity index is 2.40. The van der Waals surface area contributed by atoms with Crippen LogP contribution in [-0.2, 0) is 10.8 Å². The van der Waals surface area contributed by atoms with Crippen molar-refractivity contribution >= 4 is 45.6 Å². The van der Waals surface area contributed by atoms with Gasteiger partial charge >= 0.3 is 0 Å². The van der Waals surface area contributed by atoms with E-state index in [1.54, 1.807) is 30.3 Å². The Hall–Kier alpha value is -1.56. The predicted octanol–water partition coefficient (Wildman–Crippen LogP) is 3.99. The topological polar surface area (TPSA) is 55.4 Å². The molecule has 7 heteroatoms. The zero-order valence-electron chi connectivity index (χ0n) is 11.9. The zero-order chi connectivity index (χ0) is 16.3. The molecule has 2 aromatic rings. The summed E-state index contributed by atoms with van der Waals surface area (Å²) in [6.07, 6.45) is 1.50. The van der Waals surface area contributed by atoms with E-state index in [2.05, 4.69) is 5.32 Å². The van der Waals surface area contributed by atoms with Crippen LogP contribution in [0.15, 0.2) is 41.3 Å². The number of methoxy groups -OCH3 is 1. The van der Waals surface area contributed by atoms with Gasteiger partial charge in [-0.2, -0.15) is 0 Å². The van der Waals surface area contributed by atoms with Gasteiger partial charge in [-0.15, -0.1) is 0 Å². The number of ether oxygens (including phenoxy) is 1. The average molecular weight is 358 g/mol. The number of anilines is 1. The summed E-state index contributed by atoms with van der Waals surface area (Å²) in [5, 5.41) is 3.44. The highest BCUT2D eigenvalue weighted by Crippen LogP contribution is 2.29. The lowest BCUT2D eigenvalue weighted by Gasteiger charge is -2.13. The molecule has 0 fully saturated rings. The van der Waals surface area contributed by atoms with E-state index in [0.717, 1.165) is 0 Å². The van der Waals surface area contributed by atoms with E-state index in [-0.39, 0.29) is 5.56 Å². The number of amides is 1. The summed E-state index contributed by atoms with van der Waals surface area (Å²) in [5.41, 5.74) is 0.670. The van der Waals surface area contributed by atoms with Crippen molar-refractivity contribution in [3.05, 3.63) is 52.0 Å². The number of hydrogen-bond donors (Lipinski definition) is 1. The number of rotatable bonds is 4. The van der Waals surface area contributed by atoms with Crippen LogP contribution in [0.5, 0.6) is 5.75 Å². The van der Waals surface area contributed by atoms with Crippen LogP contribution in [0, 0.1) is 0 Å². The zero-order valence-corrected chi connectivity index (χ0v) is 14.2. The van der Waals surface area contributed by atoms with Gasteiger partial charge in [-0.3, -0.25) is 9.00 Å². The second-order valence-electron chi connectivity index (χ2n) is 4.37. The largest absolute Gasteiger partial charge is 0.496 e. The van der Waals surface area contributed by atoms with Gasteiger partial charge < -0.3 is 10.1 Å². The predicted molar refractivity (Wildman–Crippen MR) is 89.7 cm³/mol. The Kier molecular flexibility index (Phi) is 5.45. The van der Waals surface area contributed by atoms with Crippen molar-refractivity contribution in [2.75, 3.05) is 18.7 Å². The van der Waals surface area contributed by atoms with Crippen molar-refractivity contribution in [3.8, 4) is 5.75 Å². The molecule has 0 radical (unpaired) electrons. The second-order valence-corrected chi connectivity index (χ2v) is 6.53. The quantitative estimate of drug-likeness (QED) is 0.899. The van der Waals surface area contributed by atoms with Crippen LogP contribution in [-0.4, -0.2) is 23.5 Å². The standard InChI is InChI=1S/C15H13Cl2NO3S/c1-21-13-7-6-9(16)8-10(13)15(19)18-12-5-3-4-11(17)14(12)22(2)20/h3-8H,1-2H3,(H,18,19). The SMILES string of the molecule is COc1ccc(Cl)cc1C(=O)Nc1cccc(Cl)c1S(C)=O. The van der Waals surface area contributed by atoms with Crippen molar-refractivity contribution in [3.63, 3.8) is 0 Å². The van der Waals surface area contributed by atoms with Gasteiger partial charge in [0.1, 0.15) is 5.75 Å². The maximum absolute atomic E-state index is 12.4. The lowest BCUT2D eigenvalue weighted by Crippen LogP contribution is -2.15. The molecule has 0 saturated heterocycles. The fourth-order valence-electron chi connectivity index (χ4n) is 1.95. The molecule has 0 heterocycles. The first-order chi connectivity index (χ1) is 10.4. The first-order valence-electron chi connectivity index (χ1n) is 6.21. The first-order valence-corrected chi connectivity index (χ1v) is 8.52. The Morgan fingerprint density at radius 2 is 1.95 bits per heavy atom. The minimum absolute atomic E-state index is 0.280. The lowest BCUT2D eigenvalue weighted by molar-refractivity contribution is 0.102. The summed E-state index contributed by atoms with van der Waals surface area (Å²) in [6, 6.07) is 9.66. The smallest absolute Gasteiger partial charge is 0.259 e. The van der Waals surface area contributed by atoms with E-state index >= 15 is 0 Å². The third-order valence-corrected chi connectivity index (χ3v) is 4.59. The molecule has 2 aromatic carbocycles. The minimum atomic E-state index is -1.34. The van der Waals surface area contributed by atoms with Crippen LogP contribution < -0.4 is 10.1 Å². The van der Waals surface area contributed by atoms with Crippen LogP contribution in [0.4, 0.5) is 5.69 Å². The number of benzene rings is 2. The summed E-state index contributed by atoms with van der Waals surface area (Å²) >= 11 is 12.0. The highest BCUT2D eigenvalue weighted by Gasteiger charge is 2.17.